The molecule has 1 unspecified atom stereocenters. The summed E-state index contributed by atoms with van der Waals surface area (Å²) in [5.74, 6) is 2.04. The highest BCUT2D eigenvalue weighted by Crippen LogP contribution is 2.34. The van der Waals surface area contributed by atoms with Crippen LogP contribution in [0, 0.1) is 11.3 Å². The van der Waals surface area contributed by atoms with Crippen LogP contribution < -0.4 is 0 Å². The van der Waals surface area contributed by atoms with Crippen LogP contribution in [0.15, 0.2) is 0 Å². The zero-order valence-electron chi connectivity index (χ0n) is 14.4. The summed E-state index contributed by atoms with van der Waals surface area (Å²) in [6, 6.07) is 0. The van der Waals surface area contributed by atoms with Crippen molar-refractivity contribution in [2.75, 3.05) is 18.8 Å². The Bertz CT molecular complexity index is 300. The van der Waals surface area contributed by atoms with Crippen LogP contribution >= 0.6 is 12.6 Å². The van der Waals surface area contributed by atoms with Crippen LogP contribution in [-0.4, -0.2) is 29.6 Å². The highest BCUT2D eigenvalue weighted by atomic mass is 32.1. The minimum atomic E-state index is 0.229. The standard InChI is InChI=1S/C18H35NOS/c1-4-7-16-8-9-17(20)19(13-10-16)14-18(15-21,11-5-2)12-6-3/h16,21H,4-15H2,1-3H3. The Morgan fingerprint density at radius 1 is 1.14 bits per heavy atom. The summed E-state index contributed by atoms with van der Waals surface area (Å²) in [4.78, 5) is 14.6. The zero-order valence-corrected chi connectivity index (χ0v) is 15.3. The van der Waals surface area contributed by atoms with Gasteiger partial charge in [-0.2, -0.15) is 12.6 Å². The molecule has 0 N–H and O–H groups in total. The van der Waals surface area contributed by atoms with Crippen LogP contribution in [0.5, 0.6) is 0 Å². The topological polar surface area (TPSA) is 20.3 Å². The summed E-state index contributed by atoms with van der Waals surface area (Å²) < 4.78 is 0. The number of carbonyl (C=O) groups excluding carboxylic acids is 1. The van der Waals surface area contributed by atoms with E-state index in [2.05, 4.69) is 38.3 Å². The number of likely N-dealkylation sites (tertiary alicyclic amines) is 1. The molecule has 1 amide bonds. The first-order valence-corrected chi connectivity index (χ1v) is 9.62. The average molecular weight is 314 g/mol. The van der Waals surface area contributed by atoms with Crippen molar-refractivity contribution >= 4 is 18.5 Å². The van der Waals surface area contributed by atoms with E-state index in [1.165, 1.54) is 44.9 Å². The van der Waals surface area contributed by atoms with E-state index in [9.17, 15) is 4.79 Å². The van der Waals surface area contributed by atoms with Gasteiger partial charge in [-0.05, 0) is 42.8 Å². The molecule has 0 bridgehead atoms. The minimum Gasteiger partial charge on any atom is -0.342 e. The summed E-state index contributed by atoms with van der Waals surface area (Å²) in [7, 11) is 0. The Balaban J connectivity index is 2.70. The molecule has 0 aliphatic carbocycles. The maximum atomic E-state index is 12.5. The van der Waals surface area contributed by atoms with E-state index in [1.807, 2.05) is 0 Å². The molecule has 0 aromatic rings. The first kappa shape index (κ1) is 18.9. The summed E-state index contributed by atoms with van der Waals surface area (Å²) in [6.07, 6.45) is 10.3. The number of hydrogen-bond acceptors (Lipinski definition) is 2. The van der Waals surface area contributed by atoms with Gasteiger partial charge in [0.2, 0.25) is 5.91 Å². The quantitative estimate of drug-likeness (QED) is 0.598. The fourth-order valence-electron chi connectivity index (χ4n) is 3.91. The summed E-state index contributed by atoms with van der Waals surface area (Å²) in [5.41, 5.74) is 0.229. The lowest BCUT2D eigenvalue weighted by Gasteiger charge is -2.37. The van der Waals surface area contributed by atoms with Gasteiger partial charge in [-0.3, -0.25) is 4.79 Å². The molecule has 2 nitrogen and oxygen atoms in total. The van der Waals surface area contributed by atoms with E-state index in [1.54, 1.807) is 0 Å². The molecule has 0 spiro atoms. The molecule has 21 heavy (non-hydrogen) atoms. The number of amides is 1. The van der Waals surface area contributed by atoms with Gasteiger partial charge in [0.05, 0.1) is 0 Å². The molecule has 0 radical (unpaired) electrons. The van der Waals surface area contributed by atoms with Gasteiger partial charge < -0.3 is 4.90 Å². The molecule has 1 heterocycles. The molecule has 1 atom stereocenters. The Morgan fingerprint density at radius 3 is 2.33 bits per heavy atom. The van der Waals surface area contributed by atoms with Crippen molar-refractivity contribution in [2.24, 2.45) is 11.3 Å². The average Bonchev–Trinajstić information content (AvgIpc) is 2.64. The number of nitrogens with zero attached hydrogens (tertiary/aromatic N) is 1. The minimum absolute atomic E-state index is 0.229. The lowest BCUT2D eigenvalue weighted by Crippen LogP contribution is -2.42. The summed E-state index contributed by atoms with van der Waals surface area (Å²) in [5, 5.41) is 0. The van der Waals surface area contributed by atoms with Crippen molar-refractivity contribution in [1.82, 2.24) is 4.90 Å². The van der Waals surface area contributed by atoms with E-state index in [0.29, 0.717) is 5.91 Å². The Kier molecular flexibility index (Phi) is 8.77. The molecular weight excluding hydrogens is 278 g/mol. The zero-order chi connectivity index (χ0) is 15.7. The van der Waals surface area contributed by atoms with Gasteiger partial charge in [-0.1, -0.05) is 46.5 Å². The van der Waals surface area contributed by atoms with Crippen LogP contribution in [0.4, 0.5) is 0 Å². The van der Waals surface area contributed by atoms with Gasteiger partial charge in [0.1, 0.15) is 0 Å². The number of rotatable bonds is 9. The third-order valence-electron chi connectivity index (χ3n) is 5.05. The van der Waals surface area contributed by atoms with Crippen molar-refractivity contribution in [3.05, 3.63) is 0 Å². The molecule has 0 aromatic carbocycles. The number of hydrogen-bond donors (Lipinski definition) is 1. The molecule has 1 aliphatic heterocycles. The molecular formula is C18H35NOS. The van der Waals surface area contributed by atoms with Crippen LogP contribution in [0.25, 0.3) is 0 Å². The van der Waals surface area contributed by atoms with Gasteiger partial charge in [0, 0.05) is 19.5 Å². The molecule has 1 saturated heterocycles. The van der Waals surface area contributed by atoms with Crippen LogP contribution in [0.1, 0.15) is 78.6 Å². The molecule has 3 heteroatoms. The van der Waals surface area contributed by atoms with Gasteiger partial charge in [0.15, 0.2) is 0 Å². The van der Waals surface area contributed by atoms with E-state index in [-0.39, 0.29) is 5.41 Å². The third-order valence-corrected chi connectivity index (χ3v) is 5.72. The van der Waals surface area contributed by atoms with E-state index in [0.717, 1.165) is 37.6 Å². The maximum absolute atomic E-state index is 12.5. The fraction of sp³-hybridized carbons (Fsp3) is 0.944. The first-order valence-electron chi connectivity index (χ1n) is 8.99. The lowest BCUT2D eigenvalue weighted by molar-refractivity contribution is -0.132. The van der Waals surface area contributed by atoms with Gasteiger partial charge >= 0.3 is 0 Å². The van der Waals surface area contributed by atoms with Gasteiger partial charge in [-0.25, -0.2) is 0 Å². The maximum Gasteiger partial charge on any atom is 0.222 e. The smallest absolute Gasteiger partial charge is 0.222 e. The molecule has 1 fully saturated rings. The Hall–Kier alpha value is -0.180. The van der Waals surface area contributed by atoms with E-state index in [4.69, 9.17) is 0 Å². The molecule has 0 aromatic heterocycles. The number of carbonyl (C=O) groups is 1. The van der Waals surface area contributed by atoms with Crippen molar-refractivity contribution in [2.45, 2.75) is 78.6 Å². The molecule has 1 aliphatic rings. The SMILES string of the molecule is CCCC1CCC(=O)N(CC(CS)(CCC)CCC)CC1. The molecule has 0 saturated carbocycles. The van der Waals surface area contributed by atoms with Crippen LogP contribution in [0.3, 0.4) is 0 Å². The van der Waals surface area contributed by atoms with E-state index >= 15 is 0 Å². The normalized spacial score (nSPS) is 20.7. The van der Waals surface area contributed by atoms with Gasteiger partial charge in [-0.15, -0.1) is 0 Å². The van der Waals surface area contributed by atoms with E-state index < -0.39 is 0 Å². The summed E-state index contributed by atoms with van der Waals surface area (Å²) >= 11 is 4.64. The Morgan fingerprint density at radius 2 is 1.81 bits per heavy atom. The molecule has 1 rings (SSSR count). The van der Waals surface area contributed by atoms with Crippen LogP contribution in [0.2, 0.25) is 0 Å². The van der Waals surface area contributed by atoms with Crippen molar-refractivity contribution in [3.63, 3.8) is 0 Å². The monoisotopic (exact) mass is 313 g/mol. The second kappa shape index (κ2) is 9.76. The number of thiol groups is 1. The fourth-order valence-corrected chi connectivity index (χ4v) is 4.33. The largest absolute Gasteiger partial charge is 0.342 e. The second-order valence-electron chi connectivity index (χ2n) is 6.96. The first-order chi connectivity index (χ1) is 10.1. The highest BCUT2D eigenvalue weighted by molar-refractivity contribution is 7.80. The molecule has 124 valence electrons. The predicted molar refractivity (Wildman–Crippen MR) is 94.9 cm³/mol. The van der Waals surface area contributed by atoms with Crippen molar-refractivity contribution < 1.29 is 4.79 Å². The lowest BCUT2D eigenvalue weighted by atomic mass is 9.80. The van der Waals surface area contributed by atoms with Gasteiger partial charge in [0.25, 0.3) is 0 Å². The van der Waals surface area contributed by atoms with Crippen molar-refractivity contribution in [1.29, 1.82) is 0 Å². The van der Waals surface area contributed by atoms with Crippen molar-refractivity contribution in [3.8, 4) is 0 Å². The van der Waals surface area contributed by atoms with Crippen LogP contribution in [-0.2, 0) is 4.79 Å². The third kappa shape index (κ3) is 5.84. The highest BCUT2D eigenvalue weighted by Gasteiger charge is 2.32. The Labute approximate surface area is 137 Å². The predicted octanol–water partition coefficient (Wildman–Crippen LogP) is 4.93. The summed E-state index contributed by atoms with van der Waals surface area (Å²) in [6.45, 7) is 8.63. The second-order valence-corrected chi connectivity index (χ2v) is 7.27.